The van der Waals surface area contributed by atoms with Crippen molar-refractivity contribution in [3.63, 3.8) is 0 Å². The summed E-state index contributed by atoms with van der Waals surface area (Å²) in [6.45, 7) is 0.573. The zero-order valence-corrected chi connectivity index (χ0v) is 8.36. The monoisotopic (exact) mass is 194 g/mol. The van der Waals surface area contributed by atoms with Gasteiger partial charge in [0.25, 0.3) is 0 Å². The lowest BCUT2D eigenvalue weighted by Crippen LogP contribution is -1.85. The van der Waals surface area contributed by atoms with Crippen LogP contribution in [0.3, 0.4) is 0 Å². The van der Waals surface area contributed by atoms with Crippen LogP contribution >= 0.6 is 0 Å². The summed E-state index contributed by atoms with van der Waals surface area (Å²) in [7, 11) is 3.17. The zero-order chi connectivity index (χ0) is 10.4. The first-order chi connectivity index (χ1) is 6.77. The second-order valence-corrected chi connectivity index (χ2v) is 2.79. The molecule has 0 heterocycles. The lowest BCUT2D eigenvalue weighted by Gasteiger charge is -2.03. The van der Waals surface area contributed by atoms with Gasteiger partial charge in [0.15, 0.2) is 11.5 Å². The van der Waals surface area contributed by atoms with E-state index in [0.29, 0.717) is 12.4 Å². The van der Waals surface area contributed by atoms with E-state index >= 15 is 0 Å². The summed E-state index contributed by atoms with van der Waals surface area (Å²) in [6, 6.07) is 5.18. The molecule has 3 nitrogen and oxygen atoms in total. The lowest BCUT2D eigenvalue weighted by molar-refractivity contribution is 0.234. The molecule has 0 aliphatic heterocycles. The average molecular weight is 194 g/mol. The van der Waals surface area contributed by atoms with Crippen molar-refractivity contribution in [2.75, 3.05) is 20.8 Å². The first-order valence-electron chi connectivity index (χ1n) is 4.30. The van der Waals surface area contributed by atoms with E-state index in [1.54, 1.807) is 19.2 Å². The molecule has 14 heavy (non-hydrogen) atoms. The molecule has 0 unspecified atom stereocenters. The molecular weight excluding hydrogens is 180 g/mol. The Kier molecular flexibility index (Phi) is 4.01. The SMILES string of the molecule is COCC=Cc1ccc(O)c(OC)c1. The van der Waals surface area contributed by atoms with Crippen molar-refractivity contribution in [3.8, 4) is 11.5 Å². The molecule has 0 bridgehead atoms. The van der Waals surface area contributed by atoms with E-state index in [0.717, 1.165) is 5.56 Å². The first kappa shape index (κ1) is 10.6. The van der Waals surface area contributed by atoms with Gasteiger partial charge in [-0.3, -0.25) is 0 Å². The number of ether oxygens (including phenoxy) is 2. The number of hydrogen-bond acceptors (Lipinski definition) is 3. The highest BCUT2D eigenvalue weighted by Gasteiger charge is 1.99. The number of rotatable bonds is 4. The van der Waals surface area contributed by atoms with E-state index in [1.807, 2.05) is 18.2 Å². The highest BCUT2D eigenvalue weighted by molar-refractivity contribution is 5.55. The van der Waals surface area contributed by atoms with Gasteiger partial charge in [-0.2, -0.15) is 0 Å². The van der Waals surface area contributed by atoms with Crippen LogP contribution in [-0.2, 0) is 4.74 Å². The van der Waals surface area contributed by atoms with E-state index in [-0.39, 0.29) is 5.75 Å². The van der Waals surface area contributed by atoms with Gasteiger partial charge in [0.05, 0.1) is 13.7 Å². The zero-order valence-electron chi connectivity index (χ0n) is 8.36. The Hall–Kier alpha value is -1.48. The molecule has 0 aliphatic carbocycles. The van der Waals surface area contributed by atoms with E-state index in [2.05, 4.69) is 0 Å². The summed E-state index contributed by atoms with van der Waals surface area (Å²) in [5.41, 5.74) is 0.969. The molecule has 0 atom stereocenters. The third-order valence-electron chi connectivity index (χ3n) is 1.78. The number of hydrogen-bond donors (Lipinski definition) is 1. The second-order valence-electron chi connectivity index (χ2n) is 2.79. The molecule has 76 valence electrons. The van der Waals surface area contributed by atoms with Gasteiger partial charge < -0.3 is 14.6 Å². The molecule has 0 radical (unpaired) electrons. The predicted octanol–water partition coefficient (Wildman–Crippen LogP) is 2.06. The molecule has 0 fully saturated rings. The first-order valence-corrected chi connectivity index (χ1v) is 4.30. The minimum Gasteiger partial charge on any atom is -0.504 e. The van der Waals surface area contributed by atoms with Gasteiger partial charge in [0, 0.05) is 7.11 Å². The molecule has 0 saturated carbocycles. The quantitative estimate of drug-likeness (QED) is 0.797. The number of methoxy groups -OCH3 is 2. The summed E-state index contributed by atoms with van der Waals surface area (Å²) in [4.78, 5) is 0. The standard InChI is InChI=1S/C11H14O3/c1-13-7-3-4-9-5-6-10(12)11(8-9)14-2/h3-6,8,12H,7H2,1-2H3. The Bertz CT molecular complexity index is 318. The van der Waals surface area contributed by atoms with Crippen LogP contribution in [0.25, 0.3) is 6.08 Å². The number of phenolic OH excluding ortho intramolecular Hbond substituents is 1. The van der Waals surface area contributed by atoms with E-state index in [1.165, 1.54) is 7.11 Å². The van der Waals surface area contributed by atoms with Crippen molar-refractivity contribution in [1.82, 2.24) is 0 Å². The van der Waals surface area contributed by atoms with Crippen LogP contribution in [0, 0.1) is 0 Å². The van der Waals surface area contributed by atoms with Crippen molar-refractivity contribution in [1.29, 1.82) is 0 Å². The fraction of sp³-hybridized carbons (Fsp3) is 0.273. The average Bonchev–Trinajstić information content (AvgIpc) is 2.21. The Morgan fingerprint density at radius 1 is 1.36 bits per heavy atom. The van der Waals surface area contributed by atoms with Crippen LogP contribution in [0.1, 0.15) is 5.56 Å². The van der Waals surface area contributed by atoms with Crippen molar-refractivity contribution in [2.24, 2.45) is 0 Å². The predicted molar refractivity (Wildman–Crippen MR) is 55.6 cm³/mol. The van der Waals surface area contributed by atoms with Gasteiger partial charge >= 0.3 is 0 Å². The van der Waals surface area contributed by atoms with Crippen LogP contribution in [-0.4, -0.2) is 25.9 Å². The van der Waals surface area contributed by atoms with Gasteiger partial charge in [-0.1, -0.05) is 18.2 Å². The molecule has 1 aromatic rings. The molecule has 0 saturated heterocycles. The molecule has 1 rings (SSSR count). The van der Waals surface area contributed by atoms with Crippen molar-refractivity contribution >= 4 is 6.08 Å². The summed E-state index contributed by atoms with van der Waals surface area (Å²) in [5, 5.41) is 9.33. The Morgan fingerprint density at radius 3 is 2.79 bits per heavy atom. The Labute approximate surface area is 83.6 Å². The van der Waals surface area contributed by atoms with Crippen LogP contribution in [0.5, 0.6) is 11.5 Å². The van der Waals surface area contributed by atoms with Crippen molar-refractivity contribution in [3.05, 3.63) is 29.8 Å². The van der Waals surface area contributed by atoms with E-state index in [4.69, 9.17) is 9.47 Å². The lowest BCUT2D eigenvalue weighted by atomic mass is 10.2. The van der Waals surface area contributed by atoms with E-state index in [9.17, 15) is 5.11 Å². The summed E-state index contributed by atoms with van der Waals surface area (Å²) >= 11 is 0. The van der Waals surface area contributed by atoms with Gasteiger partial charge in [-0.25, -0.2) is 0 Å². The van der Waals surface area contributed by atoms with Gasteiger partial charge in [-0.15, -0.1) is 0 Å². The Balaban J connectivity index is 2.79. The molecule has 0 aromatic heterocycles. The third-order valence-corrected chi connectivity index (χ3v) is 1.78. The molecule has 3 heteroatoms. The molecule has 0 amide bonds. The molecule has 1 aromatic carbocycles. The normalized spacial score (nSPS) is 10.7. The van der Waals surface area contributed by atoms with E-state index < -0.39 is 0 Å². The fourth-order valence-electron chi connectivity index (χ4n) is 1.08. The number of benzene rings is 1. The van der Waals surface area contributed by atoms with Crippen molar-refractivity contribution in [2.45, 2.75) is 0 Å². The topological polar surface area (TPSA) is 38.7 Å². The van der Waals surface area contributed by atoms with Gasteiger partial charge in [0.2, 0.25) is 0 Å². The smallest absolute Gasteiger partial charge is 0.161 e. The highest BCUT2D eigenvalue weighted by atomic mass is 16.5. The largest absolute Gasteiger partial charge is 0.504 e. The minimum absolute atomic E-state index is 0.149. The van der Waals surface area contributed by atoms with Gasteiger partial charge in [0.1, 0.15) is 0 Å². The maximum Gasteiger partial charge on any atom is 0.161 e. The summed E-state index contributed by atoms with van der Waals surface area (Å²) < 4.78 is 9.85. The maximum atomic E-state index is 9.33. The molecule has 0 spiro atoms. The van der Waals surface area contributed by atoms with Crippen LogP contribution in [0.2, 0.25) is 0 Å². The maximum absolute atomic E-state index is 9.33. The summed E-state index contributed by atoms with van der Waals surface area (Å²) in [5.74, 6) is 0.626. The second kappa shape index (κ2) is 5.29. The molecular formula is C11H14O3. The number of phenols is 1. The van der Waals surface area contributed by atoms with Crippen LogP contribution in [0.15, 0.2) is 24.3 Å². The Morgan fingerprint density at radius 2 is 2.14 bits per heavy atom. The third kappa shape index (κ3) is 2.78. The van der Waals surface area contributed by atoms with Crippen molar-refractivity contribution < 1.29 is 14.6 Å². The minimum atomic E-state index is 0.149. The fourth-order valence-corrected chi connectivity index (χ4v) is 1.08. The van der Waals surface area contributed by atoms with Gasteiger partial charge in [-0.05, 0) is 17.7 Å². The van der Waals surface area contributed by atoms with Crippen LogP contribution in [0.4, 0.5) is 0 Å². The molecule has 0 aliphatic rings. The molecule has 1 N–H and O–H groups in total. The van der Waals surface area contributed by atoms with Crippen LogP contribution < -0.4 is 4.74 Å². The summed E-state index contributed by atoms with van der Waals surface area (Å²) in [6.07, 6.45) is 3.80. The highest BCUT2D eigenvalue weighted by Crippen LogP contribution is 2.26. The number of aromatic hydroxyl groups is 1.